The van der Waals surface area contributed by atoms with Crippen LogP contribution in [0.25, 0.3) is 0 Å². The van der Waals surface area contributed by atoms with E-state index in [1.807, 2.05) is 13.0 Å². The Hall–Kier alpha value is -0.271. The van der Waals surface area contributed by atoms with E-state index in [0.29, 0.717) is 0 Å². The molecule has 2 nitrogen and oxygen atoms in total. The van der Waals surface area contributed by atoms with Crippen LogP contribution in [0.4, 0.5) is 0 Å². The van der Waals surface area contributed by atoms with Gasteiger partial charge in [0.05, 0.1) is 0 Å². The molecule has 1 N–H and O–H groups in total. The largest absolute Gasteiger partial charge is 0.283 e. The SMILES string of the molecule is Cc1ccn[nH]1.[Mn]. The average Bonchev–Trinajstić information content (AvgIpc) is 1.86. The molecule has 0 aromatic carbocycles. The minimum atomic E-state index is 0. The van der Waals surface area contributed by atoms with Crippen molar-refractivity contribution < 1.29 is 17.1 Å². The minimum absolute atomic E-state index is 0. The molecule has 3 heteroatoms. The number of aryl methyl sites for hydroxylation is 1. The van der Waals surface area contributed by atoms with E-state index in [0.717, 1.165) is 5.69 Å². The molecule has 0 bridgehead atoms. The molecule has 0 fully saturated rings. The molecule has 1 aromatic heterocycles. The molecule has 39 valence electrons. The number of aromatic nitrogens is 2. The van der Waals surface area contributed by atoms with Gasteiger partial charge in [-0.3, -0.25) is 5.10 Å². The van der Waals surface area contributed by atoms with E-state index in [1.54, 1.807) is 6.20 Å². The first-order valence-electron chi connectivity index (χ1n) is 1.85. The molecule has 1 radical (unpaired) electrons. The first-order chi connectivity index (χ1) is 2.89. The average molecular weight is 137 g/mol. The maximum Gasteiger partial charge on any atom is 0.0489 e. The van der Waals surface area contributed by atoms with Gasteiger partial charge in [0, 0.05) is 29.0 Å². The summed E-state index contributed by atoms with van der Waals surface area (Å²) in [6.45, 7) is 1.97. The van der Waals surface area contributed by atoms with Gasteiger partial charge in [0.15, 0.2) is 0 Å². The van der Waals surface area contributed by atoms with E-state index in [2.05, 4.69) is 10.2 Å². The summed E-state index contributed by atoms with van der Waals surface area (Å²) < 4.78 is 0. The second-order valence-corrected chi connectivity index (χ2v) is 1.24. The van der Waals surface area contributed by atoms with Crippen molar-refractivity contribution in [2.24, 2.45) is 0 Å². The first kappa shape index (κ1) is 6.73. The van der Waals surface area contributed by atoms with Crippen LogP contribution in [-0.4, -0.2) is 10.2 Å². The molecule has 0 amide bonds. The number of hydrogen-bond donors (Lipinski definition) is 1. The zero-order valence-electron chi connectivity index (χ0n) is 3.98. The molecule has 1 heterocycles. The van der Waals surface area contributed by atoms with E-state index in [-0.39, 0.29) is 17.1 Å². The summed E-state index contributed by atoms with van der Waals surface area (Å²) in [4.78, 5) is 0. The second-order valence-electron chi connectivity index (χ2n) is 1.24. The molecular formula is C4H6MnN2. The predicted molar refractivity (Wildman–Crippen MR) is 23.3 cm³/mol. The van der Waals surface area contributed by atoms with Crippen LogP contribution in [0.1, 0.15) is 5.69 Å². The number of hydrogen-bond acceptors (Lipinski definition) is 1. The van der Waals surface area contributed by atoms with Gasteiger partial charge in [0.2, 0.25) is 0 Å². The summed E-state index contributed by atoms with van der Waals surface area (Å²) in [6, 6.07) is 1.92. The molecule has 7 heavy (non-hydrogen) atoms. The maximum absolute atomic E-state index is 3.70. The monoisotopic (exact) mass is 137 g/mol. The van der Waals surface area contributed by atoms with Crippen molar-refractivity contribution in [1.29, 1.82) is 0 Å². The molecule has 1 aromatic rings. The van der Waals surface area contributed by atoms with Crippen LogP contribution in [0.5, 0.6) is 0 Å². The van der Waals surface area contributed by atoms with Crippen molar-refractivity contribution in [2.45, 2.75) is 6.92 Å². The van der Waals surface area contributed by atoms with Crippen LogP contribution < -0.4 is 0 Å². The van der Waals surface area contributed by atoms with E-state index in [9.17, 15) is 0 Å². The van der Waals surface area contributed by atoms with Crippen molar-refractivity contribution in [3.05, 3.63) is 18.0 Å². The Balaban J connectivity index is 0.000000360. The Morgan fingerprint density at radius 3 is 2.57 bits per heavy atom. The van der Waals surface area contributed by atoms with Gasteiger partial charge in [-0.25, -0.2) is 0 Å². The van der Waals surface area contributed by atoms with E-state index in [4.69, 9.17) is 0 Å². The minimum Gasteiger partial charge on any atom is -0.283 e. The fourth-order valence-corrected chi connectivity index (χ4v) is 0.325. The summed E-state index contributed by atoms with van der Waals surface area (Å²) in [6.07, 6.45) is 1.73. The molecule has 0 saturated carbocycles. The fourth-order valence-electron chi connectivity index (χ4n) is 0.325. The number of nitrogens with one attached hydrogen (secondary N) is 1. The van der Waals surface area contributed by atoms with Gasteiger partial charge in [-0.15, -0.1) is 0 Å². The Kier molecular flexibility index (Phi) is 2.72. The van der Waals surface area contributed by atoms with Crippen LogP contribution in [0.2, 0.25) is 0 Å². The van der Waals surface area contributed by atoms with E-state index in [1.165, 1.54) is 0 Å². The van der Waals surface area contributed by atoms with Crippen LogP contribution in [0.15, 0.2) is 12.3 Å². The molecule has 0 aliphatic carbocycles. The van der Waals surface area contributed by atoms with Crippen LogP contribution in [-0.2, 0) is 17.1 Å². The van der Waals surface area contributed by atoms with Gasteiger partial charge in [0.1, 0.15) is 0 Å². The molecule has 0 aliphatic heterocycles. The molecule has 0 spiro atoms. The van der Waals surface area contributed by atoms with Gasteiger partial charge in [0.25, 0.3) is 0 Å². The summed E-state index contributed by atoms with van der Waals surface area (Å²) in [5.41, 5.74) is 1.11. The van der Waals surface area contributed by atoms with Crippen LogP contribution in [0.3, 0.4) is 0 Å². The smallest absolute Gasteiger partial charge is 0.0489 e. The quantitative estimate of drug-likeness (QED) is 0.524. The van der Waals surface area contributed by atoms with Crippen molar-refractivity contribution >= 4 is 0 Å². The molecule has 1 rings (SSSR count). The number of H-pyrrole nitrogens is 1. The third kappa shape index (κ3) is 1.76. The summed E-state index contributed by atoms with van der Waals surface area (Å²) in [7, 11) is 0. The summed E-state index contributed by atoms with van der Waals surface area (Å²) in [5.74, 6) is 0. The van der Waals surface area contributed by atoms with Gasteiger partial charge in [-0.2, -0.15) is 5.10 Å². The molecule has 0 atom stereocenters. The third-order valence-corrected chi connectivity index (χ3v) is 0.640. The normalized spacial score (nSPS) is 7.57. The Bertz CT molecular complexity index is 113. The summed E-state index contributed by atoms with van der Waals surface area (Å²) >= 11 is 0. The van der Waals surface area contributed by atoms with Crippen molar-refractivity contribution in [2.75, 3.05) is 0 Å². The van der Waals surface area contributed by atoms with Gasteiger partial charge >= 0.3 is 0 Å². The summed E-state index contributed by atoms with van der Waals surface area (Å²) in [5, 5.41) is 6.45. The third-order valence-electron chi connectivity index (χ3n) is 0.640. The molecule has 0 saturated heterocycles. The van der Waals surface area contributed by atoms with Gasteiger partial charge in [-0.1, -0.05) is 0 Å². The van der Waals surface area contributed by atoms with Gasteiger partial charge < -0.3 is 0 Å². The molecular weight excluding hydrogens is 131 g/mol. The Morgan fingerprint density at radius 1 is 1.71 bits per heavy atom. The maximum atomic E-state index is 3.70. The van der Waals surface area contributed by atoms with E-state index < -0.39 is 0 Å². The van der Waals surface area contributed by atoms with E-state index >= 15 is 0 Å². The van der Waals surface area contributed by atoms with Crippen molar-refractivity contribution in [3.63, 3.8) is 0 Å². The predicted octanol–water partition coefficient (Wildman–Crippen LogP) is 0.716. The Labute approximate surface area is 52.8 Å². The van der Waals surface area contributed by atoms with Crippen molar-refractivity contribution in [1.82, 2.24) is 10.2 Å². The fraction of sp³-hybridized carbons (Fsp3) is 0.250. The van der Waals surface area contributed by atoms with Crippen LogP contribution in [0, 0.1) is 6.92 Å². The number of aromatic amines is 1. The van der Waals surface area contributed by atoms with Crippen molar-refractivity contribution in [3.8, 4) is 0 Å². The zero-order valence-corrected chi connectivity index (χ0v) is 5.16. The topological polar surface area (TPSA) is 28.7 Å². The molecule has 0 unspecified atom stereocenters. The van der Waals surface area contributed by atoms with Gasteiger partial charge in [-0.05, 0) is 13.0 Å². The second kappa shape index (κ2) is 2.83. The zero-order chi connectivity index (χ0) is 4.41. The number of rotatable bonds is 0. The standard InChI is InChI=1S/C4H6N2.Mn/c1-4-2-3-5-6-4;/h2-3H,1H3,(H,5,6);. The Morgan fingerprint density at radius 2 is 2.43 bits per heavy atom. The first-order valence-corrected chi connectivity index (χ1v) is 1.85. The van der Waals surface area contributed by atoms with Crippen LogP contribution >= 0.6 is 0 Å². The number of nitrogens with zero attached hydrogens (tertiary/aromatic N) is 1. The molecule has 0 aliphatic rings.